The first-order valence-electron chi connectivity index (χ1n) is 9.53. The van der Waals surface area contributed by atoms with E-state index in [0.717, 1.165) is 56.8 Å². The fourth-order valence-corrected chi connectivity index (χ4v) is 4.50. The minimum absolute atomic E-state index is 0.243. The summed E-state index contributed by atoms with van der Waals surface area (Å²) >= 11 is 0. The minimum atomic E-state index is -0.256. The van der Waals surface area contributed by atoms with E-state index in [1.165, 1.54) is 0 Å². The predicted octanol–water partition coefficient (Wildman–Crippen LogP) is 2.03. The summed E-state index contributed by atoms with van der Waals surface area (Å²) in [7, 11) is 0. The fraction of sp³-hybridized carbons (Fsp3) is 0.737. The molecular formula is C19H28N4O2. The molecule has 2 saturated heterocycles. The van der Waals surface area contributed by atoms with Gasteiger partial charge in [0.1, 0.15) is 5.60 Å². The number of aromatic nitrogens is 2. The zero-order valence-electron chi connectivity index (χ0n) is 15.3. The number of hydrogen-bond donors (Lipinski definition) is 0. The van der Waals surface area contributed by atoms with Gasteiger partial charge in [0.05, 0.1) is 25.4 Å². The van der Waals surface area contributed by atoms with Gasteiger partial charge in [0.25, 0.3) is 0 Å². The van der Waals surface area contributed by atoms with Gasteiger partial charge in [0.15, 0.2) is 5.82 Å². The number of aryl methyl sites for hydroxylation is 1. The van der Waals surface area contributed by atoms with E-state index in [2.05, 4.69) is 26.9 Å². The van der Waals surface area contributed by atoms with E-state index < -0.39 is 0 Å². The summed E-state index contributed by atoms with van der Waals surface area (Å²) in [5.74, 6) is 2.19. The van der Waals surface area contributed by atoms with Crippen LogP contribution in [0, 0.1) is 18.8 Å². The van der Waals surface area contributed by atoms with Crippen LogP contribution in [-0.4, -0.2) is 59.4 Å². The average Bonchev–Trinajstić information content (AvgIpc) is 2.59. The van der Waals surface area contributed by atoms with E-state index in [-0.39, 0.29) is 11.5 Å². The first-order valence-corrected chi connectivity index (χ1v) is 9.53. The second-order valence-corrected chi connectivity index (χ2v) is 8.12. The van der Waals surface area contributed by atoms with E-state index >= 15 is 0 Å². The van der Waals surface area contributed by atoms with Crippen molar-refractivity contribution in [3.05, 3.63) is 17.8 Å². The topological polar surface area (TPSA) is 58.6 Å². The molecule has 3 fully saturated rings. The first kappa shape index (κ1) is 16.8. The number of piperidine rings is 1. The van der Waals surface area contributed by atoms with E-state index in [1.54, 1.807) is 0 Å². The number of carbonyl (C=O) groups excluding carboxylic acids is 1. The van der Waals surface area contributed by atoms with Crippen molar-refractivity contribution >= 4 is 11.7 Å². The molecule has 3 heterocycles. The van der Waals surface area contributed by atoms with Gasteiger partial charge in [-0.3, -0.25) is 4.79 Å². The van der Waals surface area contributed by atoms with Crippen LogP contribution in [0.2, 0.25) is 0 Å². The number of nitrogens with zero attached hydrogens (tertiary/aromatic N) is 4. The van der Waals surface area contributed by atoms with E-state index in [0.29, 0.717) is 25.0 Å². The summed E-state index contributed by atoms with van der Waals surface area (Å²) in [4.78, 5) is 17.1. The third-order valence-corrected chi connectivity index (χ3v) is 5.93. The Labute approximate surface area is 149 Å². The molecule has 1 unspecified atom stereocenters. The third-order valence-electron chi connectivity index (χ3n) is 5.93. The summed E-state index contributed by atoms with van der Waals surface area (Å²) in [5.41, 5.74) is 0.671. The second kappa shape index (κ2) is 6.56. The standard InChI is InChI=1S/C19H28N4O2/c1-14-10-16(11-14)18(24)23-8-9-25-19(13-23)6-3-7-22(12-19)17-5-4-15(2)20-21-17/h4-5,14,16H,3,6-13H2,1-2H3. The molecule has 0 bridgehead atoms. The molecule has 3 aliphatic rings. The third kappa shape index (κ3) is 3.36. The van der Waals surface area contributed by atoms with Gasteiger partial charge in [0, 0.05) is 19.0 Å². The Morgan fingerprint density at radius 2 is 2.08 bits per heavy atom. The van der Waals surface area contributed by atoms with Gasteiger partial charge < -0.3 is 14.5 Å². The van der Waals surface area contributed by atoms with Gasteiger partial charge in [-0.2, -0.15) is 5.10 Å². The lowest BCUT2D eigenvalue weighted by Gasteiger charge is -2.49. The maximum Gasteiger partial charge on any atom is 0.225 e. The lowest BCUT2D eigenvalue weighted by Crippen LogP contribution is -2.62. The monoisotopic (exact) mass is 344 g/mol. The summed E-state index contributed by atoms with van der Waals surface area (Å²) in [6, 6.07) is 4.03. The van der Waals surface area contributed by atoms with Crippen LogP contribution in [0.1, 0.15) is 38.3 Å². The Morgan fingerprint density at radius 3 is 2.80 bits per heavy atom. The molecule has 6 nitrogen and oxygen atoms in total. The SMILES string of the molecule is Cc1ccc(N2CCCC3(CN(C(=O)C4CC(C)C4)CCO3)C2)nn1. The van der Waals surface area contributed by atoms with Crippen molar-refractivity contribution in [1.29, 1.82) is 0 Å². The van der Waals surface area contributed by atoms with Crippen LogP contribution < -0.4 is 4.90 Å². The number of carbonyl (C=O) groups is 1. The molecule has 1 saturated carbocycles. The Morgan fingerprint density at radius 1 is 1.24 bits per heavy atom. The highest BCUT2D eigenvalue weighted by atomic mass is 16.5. The van der Waals surface area contributed by atoms with Crippen LogP contribution in [0.25, 0.3) is 0 Å². The van der Waals surface area contributed by atoms with Crippen LogP contribution in [0.15, 0.2) is 12.1 Å². The van der Waals surface area contributed by atoms with Gasteiger partial charge in [-0.05, 0) is 50.7 Å². The van der Waals surface area contributed by atoms with Crippen LogP contribution in [0.4, 0.5) is 5.82 Å². The Kier molecular flexibility index (Phi) is 4.40. The Hall–Kier alpha value is -1.69. The highest BCUT2D eigenvalue weighted by Gasteiger charge is 2.44. The molecule has 0 aromatic carbocycles. The molecule has 1 aromatic heterocycles. The molecule has 1 aliphatic carbocycles. The molecule has 1 spiro atoms. The maximum atomic E-state index is 12.8. The Balaban J connectivity index is 1.45. The number of morpholine rings is 1. The molecule has 0 N–H and O–H groups in total. The van der Waals surface area contributed by atoms with Crippen molar-refractivity contribution in [1.82, 2.24) is 15.1 Å². The molecule has 0 radical (unpaired) electrons. The molecule has 25 heavy (non-hydrogen) atoms. The van der Waals surface area contributed by atoms with E-state index in [1.807, 2.05) is 19.1 Å². The zero-order chi connectivity index (χ0) is 17.4. The normalized spacial score (nSPS) is 32.6. The summed E-state index contributed by atoms with van der Waals surface area (Å²) < 4.78 is 6.23. The molecule has 6 heteroatoms. The zero-order valence-corrected chi connectivity index (χ0v) is 15.3. The summed E-state index contributed by atoms with van der Waals surface area (Å²) in [6.07, 6.45) is 4.16. The number of rotatable bonds is 2. The lowest BCUT2D eigenvalue weighted by atomic mass is 9.75. The molecule has 136 valence electrons. The smallest absolute Gasteiger partial charge is 0.225 e. The Bertz CT molecular complexity index is 625. The number of ether oxygens (including phenoxy) is 1. The maximum absolute atomic E-state index is 12.8. The number of hydrogen-bond acceptors (Lipinski definition) is 5. The predicted molar refractivity (Wildman–Crippen MR) is 95.4 cm³/mol. The van der Waals surface area contributed by atoms with Crippen molar-refractivity contribution in [2.24, 2.45) is 11.8 Å². The van der Waals surface area contributed by atoms with Gasteiger partial charge in [-0.15, -0.1) is 5.10 Å². The van der Waals surface area contributed by atoms with Crippen LogP contribution in [-0.2, 0) is 9.53 Å². The van der Waals surface area contributed by atoms with E-state index in [9.17, 15) is 4.79 Å². The lowest BCUT2D eigenvalue weighted by molar-refractivity contribution is -0.159. The van der Waals surface area contributed by atoms with Gasteiger partial charge in [-0.1, -0.05) is 6.92 Å². The second-order valence-electron chi connectivity index (χ2n) is 8.12. The quantitative estimate of drug-likeness (QED) is 0.822. The van der Waals surface area contributed by atoms with Crippen molar-refractivity contribution in [3.8, 4) is 0 Å². The molecular weight excluding hydrogens is 316 g/mol. The van der Waals surface area contributed by atoms with Gasteiger partial charge in [0.2, 0.25) is 5.91 Å². The molecule has 1 amide bonds. The van der Waals surface area contributed by atoms with Crippen LogP contribution in [0.3, 0.4) is 0 Å². The van der Waals surface area contributed by atoms with Gasteiger partial charge in [-0.25, -0.2) is 0 Å². The van der Waals surface area contributed by atoms with Crippen molar-refractivity contribution in [2.75, 3.05) is 37.7 Å². The minimum Gasteiger partial charge on any atom is -0.369 e. The highest BCUT2D eigenvalue weighted by Crippen LogP contribution is 2.36. The van der Waals surface area contributed by atoms with Crippen LogP contribution in [0.5, 0.6) is 0 Å². The van der Waals surface area contributed by atoms with Crippen molar-refractivity contribution in [3.63, 3.8) is 0 Å². The van der Waals surface area contributed by atoms with Gasteiger partial charge >= 0.3 is 0 Å². The molecule has 2 aliphatic heterocycles. The summed E-state index contributed by atoms with van der Waals surface area (Å²) in [6.45, 7) is 8.02. The average molecular weight is 344 g/mol. The van der Waals surface area contributed by atoms with Crippen molar-refractivity contribution in [2.45, 2.75) is 45.1 Å². The molecule has 4 rings (SSSR count). The largest absolute Gasteiger partial charge is 0.369 e. The highest BCUT2D eigenvalue weighted by molar-refractivity contribution is 5.80. The van der Waals surface area contributed by atoms with E-state index in [4.69, 9.17) is 4.74 Å². The summed E-state index contributed by atoms with van der Waals surface area (Å²) in [5, 5.41) is 8.52. The fourth-order valence-electron chi connectivity index (χ4n) is 4.50. The molecule has 1 aromatic rings. The van der Waals surface area contributed by atoms with Crippen LogP contribution >= 0.6 is 0 Å². The number of anilines is 1. The number of amides is 1. The molecule has 1 atom stereocenters. The first-order chi connectivity index (χ1) is 12.0. The van der Waals surface area contributed by atoms with Crippen molar-refractivity contribution < 1.29 is 9.53 Å².